The summed E-state index contributed by atoms with van der Waals surface area (Å²) >= 11 is 0. The molecule has 5 N–H and O–H groups in total. The third-order valence-corrected chi connectivity index (χ3v) is 4.93. The molecule has 9 heteroatoms. The summed E-state index contributed by atoms with van der Waals surface area (Å²) in [5.74, 6) is -0.129. The second kappa shape index (κ2) is 8.05. The maximum Gasteiger partial charge on any atom is 0.229 e. The Bertz CT molecular complexity index is 1090. The van der Waals surface area contributed by atoms with Crippen LogP contribution >= 0.6 is 0 Å². The van der Waals surface area contributed by atoms with Crippen LogP contribution in [0.4, 0.5) is 0 Å². The number of aromatic hydroxyl groups is 1. The van der Waals surface area contributed by atoms with Crippen LogP contribution in [0.1, 0.15) is 0 Å². The lowest BCUT2D eigenvalue weighted by molar-refractivity contribution is -0.277. The average molecular weight is 416 g/mol. The third-order valence-electron chi connectivity index (χ3n) is 4.93. The van der Waals surface area contributed by atoms with E-state index in [1.54, 1.807) is 24.3 Å². The van der Waals surface area contributed by atoms with Crippen molar-refractivity contribution in [3.05, 3.63) is 58.8 Å². The van der Waals surface area contributed by atoms with E-state index in [1.165, 1.54) is 12.1 Å². The van der Waals surface area contributed by atoms with Crippen molar-refractivity contribution in [2.24, 2.45) is 0 Å². The highest BCUT2D eigenvalue weighted by Gasteiger charge is 2.45. The molecule has 0 saturated carbocycles. The van der Waals surface area contributed by atoms with E-state index in [-0.39, 0.29) is 28.2 Å². The Morgan fingerprint density at radius 2 is 1.70 bits per heavy atom. The summed E-state index contributed by atoms with van der Waals surface area (Å²) in [5.41, 5.74) is 0.242. The van der Waals surface area contributed by atoms with Gasteiger partial charge in [0.15, 0.2) is 5.43 Å². The minimum absolute atomic E-state index is 0.00978. The van der Waals surface area contributed by atoms with E-state index in [0.29, 0.717) is 5.56 Å². The third kappa shape index (κ3) is 3.64. The van der Waals surface area contributed by atoms with E-state index in [1.807, 2.05) is 6.07 Å². The van der Waals surface area contributed by atoms with E-state index in [0.717, 1.165) is 6.07 Å². The fourth-order valence-corrected chi connectivity index (χ4v) is 3.37. The van der Waals surface area contributed by atoms with Crippen LogP contribution in [0.5, 0.6) is 11.5 Å². The quantitative estimate of drug-likeness (QED) is 0.406. The molecule has 1 aliphatic heterocycles. The predicted octanol–water partition coefficient (Wildman–Crippen LogP) is 0.344. The van der Waals surface area contributed by atoms with Gasteiger partial charge in [0, 0.05) is 23.8 Å². The molecular formula is C21H20O9. The maximum absolute atomic E-state index is 12.8. The molecule has 158 valence electrons. The first kappa shape index (κ1) is 20.3. The molecule has 2 aromatic carbocycles. The highest BCUT2D eigenvalue weighted by molar-refractivity contribution is 5.86. The first-order valence-electron chi connectivity index (χ1n) is 9.22. The largest absolute Gasteiger partial charge is 0.508 e. The Kier molecular flexibility index (Phi) is 5.46. The number of ether oxygens (including phenoxy) is 2. The summed E-state index contributed by atoms with van der Waals surface area (Å²) in [5, 5.41) is 49.4. The SMILES string of the molecule is O=c1cc(-c2ccccc2)oc2cc(O)cc(O[C@H]3O[C@@H](CO)[C@H](O)[C@H](O)[C@@H]3O)c12. The van der Waals surface area contributed by atoms with Crippen LogP contribution in [-0.4, -0.2) is 62.8 Å². The van der Waals surface area contributed by atoms with Crippen molar-refractivity contribution in [3.63, 3.8) is 0 Å². The second-order valence-electron chi connectivity index (χ2n) is 6.97. The smallest absolute Gasteiger partial charge is 0.229 e. The van der Waals surface area contributed by atoms with Crippen molar-refractivity contribution in [1.82, 2.24) is 0 Å². The van der Waals surface area contributed by atoms with E-state index >= 15 is 0 Å². The number of fused-ring (bicyclic) bond motifs is 1. The van der Waals surface area contributed by atoms with Gasteiger partial charge in [-0.05, 0) is 0 Å². The van der Waals surface area contributed by atoms with Crippen molar-refractivity contribution in [3.8, 4) is 22.8 Å². The molecule has 0 aliphatic carbocycles. The fraction of sp³-hybridized carbons (Fsp3) is 0.286. The lowest BCUT2D eigenvalue weighted by atomic mass is 9.99. The van der Waals surface area contributed by atoms with E-state index in [9.17, 15) is 30.3 Å². The van der Waals surface area contributed by atoms with Gasteiger partial charge < -0.3 is 39.4 Å². The number of benzene rings is 2. The lowest BCUT2D eigenvalue weighted by Gasteiger charge is -2.39. The summed E-state index contributed by atoms with van der Waals surface area (Å²) < 4.78 is 16.6. The van der Waals surface area contributed by atoms with Gasteiger partial charge in [0.1, 0.15) is 52.6 Å². The van der Waals surface area contributed by atoms with Crippen molar-refractivity contribution in [2.75, 3.05) is 6.61 Å². The van der Waals surface area contributed by atoms with E-state index in [4.69, 9.17) is 13.9 Å². The fourth-order valence-electron chi connectivity index (χ4n) is 3.37. The number of aliphatic hydroxyl groups is 4. The molecule has 0 amide bonds. The molecule has 3 aromatic rings. The zero-order chi connectivity index (χ0) is 21.4. The molecule has 2 heterocycles. The highest BCUT2D eigenvalue weighted by atomic mass is 16.7. The van der Waals surface area contributed by atoms with E-state index < -0.39 is 42.7 Å². The first-order valence-corrected chi connectivity index (χ1v) is 9.22. The molecule has 4 rings (SSSR count). The van der Waals surface area contributed by atoms with E-state index in [2.05, 4.69) is 0 Å². The number of aliphatic hydroxyl groups excluding tert-OH is 4. The summed E-state index contributed by atoms with van der Waals surface area (Å²) in [6.07, 6.45) is -7.57. The molecule has 1 aromatic heterocycles. The van der Waals surface area contributed by atoms with Crippen molar-refractivity contribution in [2.45, 2.75) is 30.7 Å². The van der Waals surface area contributed by atoms with Crippen molar-refractivity contribution < 1.29 is 39.4 Å². The molecule has 0 bridgehead atoms. The lowest BCUT2D eigenvalue weighted by Crippen LogP contribution is -2.60. The average Bonchev–Trinajstić information content (AvgIpc) is 2.74. The Morgan fingerprint density at radius 3 is 2.40 bits per heavy atom. The summed E-state index contributed by atoms with van der Waals surface area (Å²) in [4.78, 5) is 12.8. The Balaban J connectivity index is 1.75. The van der Waals surface area contributed by atoms with Crippen LogP contribution in [-0.2, 0) is 4.74 Å². The Morgan fingerprint density at radius 1 is 0.967 bits per heavy atom. The van der Waals surface area contributed by atoms with Crippen LogP contribution in [0.25, 0.3) is 22.3 Å². The van der Waals surface area contributed by atoms with Gasteiger partial charge in [0.2, 0.25) is 6.29 Å². The van der Waals surface area contributed by atoms with Crippen LogP contribution in [0.2, 0.25) is 0 Å². The van der Waals surface area contributed by atoms with Gasteiger partial charge in [-0.25, -0.2) is 0 Å². The molecule has 0 spiro atoms. The standard InChI is InChI=1S/C21H20O9/c22-9-16-18(25)19(26)20(27)21(30-16)29-15-7-11(23)6-14-17(15)12(24)8-13(28-14)10-4-2-1-3-5-10/h1-8,16,18-23,25-27H,9H2/t16-,18-,19-,20-,21-/m0/s1. The van der Waals surface area contributed by atoms with Crippen molar-refractivity contribution in [1.29, 1.82) is 0 Å². The van der Waals surface area contributed by atoms with Gasteiger partial charge in [-0.3, -0.25) is 4.79 Å². The zero-order valence-electron chi connectivity index (χ0n) is 15.6. The molecular weight excluding hydrogens is 396 g/mol. The van der Waals surface area contributed by atoms with Gasteiger partial charge in [0.25, 0.3) is 0 Å². The van der Waals surface area contributed by atoms with Crippen LogP contribution < -0.4 is 10.2 Å². The monoisotopic (exact) mass is 416 g/mol. The minimum atomic E-state index is -1.67. The second-order valence-corrected chi connectivity index (χ2v) is 6.97. The first-order chi connectivity index (χ1) is 14.4. The zero-order valence-corrected chi connectivity index (χ0v) is 15.6. The molecule has 0 radical (unpaired) electrons. The summed E-state index contributed by atoms with van der Waals surface area (Å²) in [6, 6.07) is 12.6. The van der Waals surface area contributed by atoms with Gasteiger partial charge in [-0.1, -0.05) is 30.3 Å². The molecule has 30 heavy (non-hydrogen) atoms. The van der Waals surface area contributed by atoms with Crippen molar-refractivity contribution >= 4 is 11.0 Å². The number of hydrogen-bond acceptors (Lipinski definition) is 9. The molecule has 1 aliphatic rings. The molecule has 1 fully saturated rings. The molecule has 0 unspecified atom stereocenters. The number of rotatable bonds is 4. The Hall–Kier alpha value is -2.95. The number of phenols is 1. The predicted molar refractivity (Wildman–Crippen MR) is 104 cm³/mol. The topological polar surface area (TPSA) is 150 Å². The van der Waals surface area contributed by atoms with Gasteiger partial charge >= 0.3 is 0 Å². The summed E-state index contributed by atoms with van der Waals surface area (Å²) in [7, 11) is 0. The van der Waals surface area contributed by atoms with Gasteiger partial charge in [-0.2, -0.15) is 0 Å². The highest BCUT2D eigenvalue weighted by Crippen LogP contribution is 2.33. The van der Waals surface area contributed by atoms with Crippen LogP contribution in [0.15, 0.2) is 57.7 Å². The molecule has 9 nitrogen and oxygen atoms in total. The van der Waals surface area contributed by atoms with Crippen LogP contribution in [0, 0.1) is 0 Å². The number of hydrogen-bond donors (Lipinski definition) is 5. The van der Waals surface area contributed by atoms with Crippen LogP contribution in [0.3, 0.4) is 0 Å². The molecule has 5 atom stereocenters. The normalized spacial score (nSPS) is 26.6. The Labute approximate surface area is 170 Å². The van der Waals surface area contributed by atoms with Gasteiger partial charge in [-0.15, -0.1) is 0 Å². The summed E-state index contributed by atoms with van der Waals surface area (Å²) in [6.45, 7) is -0.631. The minimum Gasteiger partial charge on any atom is -0.508 e. The van der Waals surface area contributed by atoms with Gasteiger partial charge in [0.05, 0.1) is 6.61 Å². The maximum atomic E-state index is 12.8. The number of phenolic OH excluding ortho intramolecular Hbond substituents is 1. The molecule has 1 saturated heterocycles.